The number of amides is 1. The number of nitrogens with one attached hydrogen (secondary N) is 1. The van der Waals surface area contributed by atoms with Crippen LogP contribution in [0.15, 0.2) is 46.4 Å². The molecule has 0 bridgehead atoms. The molecule has 2 aromatic heterocycles. The Kier molecular flexibility index (Phi) is 4.30. The predicted molar refractivity (Wildman–Crippen MR) is 93.0 cm³/mol. The van der Waals surface area contributed by atoms with Gasteiger partial charge in [0.2, 0.25) is 0 Å². The van der Waals surface area contributed by atoms with Crippen LogP contribution in [0.4, 0.5) is 5.69 Å². The van der Waals surface area contributed by atoms with Crippen LogP contribution in [0.2, 0.25) is 0 Å². The fourth-order valence-electron chi connectivity index (χ4n) is 2.41. The summed E-state index contributed by atoms with van der Waals surface area (Å²) in [4.78, 5) is 16.9. The average Bonchev–Trinajstić information content (AvgIpc) is 3.19. The van der Waals surface area contributed by atoms with Crippen LogP contribution < -0.4 is 5.32 Å². The molecule has 1 aromatic carbocycles. The standard InChI is InChI=1S/C18H18N2O2S/c1-11(2)13-7-4-6-12(3)16(13)20-17(21)14-10-23-18(19-14)15-8-5-9-22-15/h4-11H,1-3H3,(H,20,21). The Morgan fingerprint density at radius 2 is 2.09 bits per heavy atom. The minimum Gasteiger partial charge on any atom is -0.462 e. The molecule has 0 unspecified atom stereocenters. The minimum absolute atomic E-state index is 0.199. The number of furan rings is 1. The quantitative estimate of drug-likeness (QED) is 0.727. The Hall–Kier alpha value is -2.40. The number of hydrogen-bond donors (Lipinski definition) is 1. The SMILES string of the molecule is Cc1cccc(C(C)C)c1NC(=O)c1csc(-c2ccco2)n1. The summed E-state index contributed by atoms with van der Waals surface area (Å²) in [6.07, 6.45) is 1.60. The van der Waals surface area contributed by atoms with Gasteiger partial charge in [-0.3, -0.25) is 4.79 Å². The highest BCUT2D eigenvalue weighted by Gasteiger charge is 2.16. The van der Waals surface area contributed by atoms with Crippen LogP contribution in [0.5, 0.6) is 0 Å². The van der Waals surface area contributed by atoms with E-state index in [-0.39, 0.29) is 5.91 Å². The zero-order valence-electron chi connectivity index (χ0n) is 13.3. The summed E-state index contributed by atoms with van der Waals surface area (Å²) >= 11 is 1.40. The maximum Gasteiger partial charge on any atom is 0.275 e. The normalized spacial score (nSPS) is 11.0. The summed E-state index contributed by atoms with van der Waals surface area (Å²) in [6, 6.07) is 9.69. The molecule has 0 aliphatic heterocycles. The smallest absolute Gasteiger partial charge is 0.275 e. The van der Waals surface area contributed by atoms with E-state index in [9.17, 15) is 4.79 Å². The minimum atomic E-state index is -0.199. The van der Waals surface area contributed by atoms with Gasteiger partial charge in [0.25, 0.3) is 5.91 Å². The van der Waals surface area contributed by atoms with Gasteiger partial charge < -0.3 is 9.73 Å². The summed E-state index contributed by atoms with van der Waals surface area (Å²) < 4.78 is 5.32. The van der Waals surface area contributed by atoms with Gasteiger partial charge in [-0.05, 0) is 36.1 Å². The van der Waals surface area contributed by atoms with E-state index in [1.807, 2.05) is 31.2 Å². The van der Waals surface area contributed by atoms with Gasteiger partial charge in [-0.2, -0.15) is 0 Å². The van der Waals surface area contributed by atoms with Crippen molar-refractivity contribution in [1.82, 2.24) is 4.98 Å². The molecule has 0 fully saturated rings. The lowest BCUT2D eigenvalue weighted by molar-refractivity contribution is 0.102. The summed E-state index contributed by atoms with van der Waals surface area (Å²) in [5, 5.41) is 5.46. The molecule has 0 aliphatic rings. The van der Waals surface area contributed by atoms with Crippen LogP contribution in [-0.2, 0) is 0 Å². The summed E-state index contributed by atoms with van der Waals surface area (Å²) in [7, 11) is 0. The van der Waals surface area contributed by atoms with E-state index in [0.29, 0.717) is 22.4 Å². The van der Waals surface area contributed by atoms with E-state index < -0.39 is 0 Å². The number of benzene rings is 1. The highest BCUT2D eigenvalue weighted by Crippen LogP contribution is 2.29. The molecule has 23 heavy (non-hydrogen) atoms. The molecular formula is C18H18N2O2S. The molecule has 1 N–H and O–H groups in total. The largest absolute Gasteiger partial charge is 0.462 e. The lowest BCUT2D eigenvalue weighted by Crippen LogP contribution is -2.15. The molecule has 3 rings (SSSR count). The van der Waals surface area contributed by atoms with Gasteiger partial charge in [-0.25, -0.2) is 4.98 Å². The van der Waals surface area contributed by atoms with Crippen LogP contribution in [0.1, 0.15) is 41.4 Å². The topological polar surface area (TPSA) is 55.1 Å². The number of aryl methyl sites for hydroxylation is 1. The number of nitrogens with zero attached hydrogens (tertiary/aromatic N) is 1. The number of anilines is 1. The van der Waals surface area contributed by atoms with Crippen molar-refractivity contribution in [3.05, 3.63) is 58.8 Å². The van der Waals surface area contributed by atoms with Crippen molar-refractivity contribution in [3.63, 3.8) is 0 Å². The zero-order chi connectivity index (χ0) is 16.4. The van der Waals surface area contributed by atoms with E-state index in [0.717, 1.165) is 16.8 Å². The van der Waals surface area contributed by atoms with Crippen LogP contribution in [0.3, 0.4) is 0 Å². The van der Waals surface area contributed by atoms with E-state index in [1.165, 1.54) is 11.3 Å². The van der Waals surface area contributed by atoms with Gasteiger partial charge in [0.05, 0.1) is 6.26 Å². The third-order valence-electron chi connectivity index (χ3n) is 3.63. The molecule has 3 aromatic rings. The first kappa shape index (κ1) is 15.5. The van der Waals surface area contributed by atoms with Crippen molar-refractivity contribution in [2.75, 3.05) is 5.32 Å². The third kappa shape index (κ3) is 3.19. The maximum atomic E-state index is 12.5. The summed E-state index contributed by atoms with van der Waals surface area (Å²) in [5.41, 5.74) is 3.45. The second-order valence-electron chi connectivity index (χ2n) is 5.66. The molecule has 0 spiro atoms. The highest BCUT2D eigenvalue weighted by atomic mass is 32.1. The summed E-state index contributed by atoms with van der Waals surface area (Å²) in [5.74, 6) is 0.808. The molecule has 4 nitrogen and oxygen atoms in total. The van der Waals surface area contributed by atoms with E-state index in [4.69, 9.17) is 4.42 Å². The lowest BCUT2D eigenvalue weighted by Gasteiger charge is -2.15. The van der Waals surface area contributed by atoms with Gasteiger partial charge in [-0.15, -0.1) is 11.3 Å². The Morgan fingerprint density at radius 1 is 1.26 bits per heavy atom. The fraction of sp³-hybridized carbons (Fsp3) is 0.222. The molecule has 0 atom stereocenters. The monoisotopic (exact) mass is 326 g/mol. The molecule has 0 radical (unpaired) electrons. The maximum absolute atomic E-state index is 12.5. The van der Waals surface area contributed by atoms with Crippen LogP contribution >= 0.6 is 11.3 Å². The second kappa shape index (κ2) is 6.38. The van der Waals surface area contributed by atoms with Crippen molar-refractivity contribution >= 4 is 22.9 Å². The van der Waals surface area contributed by atoms with E-state index in [1.54, 1.807) is 17.7 Å². The number of carbonyl (C=O) groups excluding carboxylic acids is 1. The molecule has 118 valence electrons. The van der Waals surface area contributed by atoms with E-state index in [2.05, 4.69) is 24.1 Å². The predicted octanol–water partition coefficient (Wildman–Crippen LogP) is 5.09. The van der Waals surface area contributed by atoms with Crippen molar-refractivity contribution < 1.29 is 9.21 Å². The molecule has 1 amide bonds. The third-order valence-corrected chi connectivity index (χ3v) is 4.49. The molecule has 0 saturated carbocycles. The van der Waals surface area contributed by atoms with Gasteiger partial charge in [0.1, 0.15) is 5.69 Å². The molecule has 0 aliphatic carbocycles. The molecular weight excluding hydrogens is 308 g/mol. The van der Waals surface area contributed by atoms with Crippen molar-refractivity contribution in [2.24, 2.45) is 0 Å². The van der Waals surface area contributed by atoms with Crippen molar-refractivity contribution in [3.8, 4) is 10.8 Å². The van der Waals surface area contributed by atoms with Gasteiger partial charge in [0.15, 0.2) is 10.8 Å². The van der Waals surface area contributed by atoms with Crippen LogP contribution in [0.25, 0.3) is 10.8 Å². The first-order valence-corrected chi connectivity index (χ1v) is 8.34. The first-order valence-electron chi connectivity index (χ1n) is 7.46. The Morgan fingerprint density at radius 3 is 2.78 bits per heavy atom. The number of thiazole rings is 1. The van der Waals surface area contributed by atoms with Gasteiger partial charge >= 0.3 is 0 Å². The fourth-order valence-corrected chi connectivity index (χ4v) is 3.18. The Bertz CT molecular complexity index is 819. The highest BCUT2D eigenvalue weighted by molar-refractivity contribution is 7.13. The number of rotatable bonds is 4. The van der Waals surface area contributed by atoms with Crippen molar-refractivity contribution in [1.29, 1.82) is 0 Å². The molecule has 5 heteroatoms. The summed E-state index contributed by atoms with van der Waals surface area (Å²) in [6.45, 7) is 6.22. The van der Waals surface area contributed by atoms with Crippen LogP contribution in [-0.4, -0.2) is 10.9 Å². The molecule has 2 heterocycles. The Labute approximate surface area is 139 Å². The lowest BCUT2D eigenvalue weighted by atomic mass is 9.98. The number of aromatic nitrogens is 1. The number of para-hydroxylation sites is 1. The Balaban J connectivity index is 1.86. The first-order chi connectivity index (χ1) is 11.1. The average molecular weight is 326 g/mol. The number of carbonyl (C=O) groups is 1. The zero-order valence-corrected chi connectivity index (χ0v) is 14.1. The molecule has 0 saturated heterocycles. The van der Waals surface area contributed by atoms with Gasteiger partial charge in [-0.1, -0.05) is 32.0 Å². The number of hydrogen-bond acceptors (Lipinski definition) is 4. The van der Waals surface area contributed by atoms with Crippen LogP contribution in [0, 0.1) is 6.92 Å². The van der Waals surface area contributed by atoms with Crippen molar-refractivity contribution in [2.45, 2.75) is 26.7 Å². The second-order valence-corrected chi connectivity index (χ2v) is 6.52. The van der Waals surface area contributed by atoms with E-state index >= 15 is 0 Å². The van der Waals surface area contributed by atoms with Gasteiger partial charge in [0, 0.05) is 11.1 Å².